The lowest BCUT2D eigenvalue weighted by atomic mass is 9.88. The summed E-state index contributed by atoms with van der Waals surface area (Å²) in [7, 11) is 1.85. The Kier molecular flexibility index (Phi) is 11.2. The topological polar surface area (TPSA) is 60.0 Å². The lowest BCUT2D eigenvalue weighted by molar-refractivity contribution is -0.135. The number of piperidine rings is 1. The summed E-state index contributed by atoms with van der Waals surface area (Å²) in [5.41, 5.74) is 0. The van der Waals surface area contributed by atoms with Gasteiger partial charge in [0.15, 0.2) is 5.96 Å². The van der Waals surface area contributed by atoms with Crippen molar-refractivity contribution >= 4 is 35.8 Å². The van der Waals surface area contributed by atoms with E-state index < -0.39 is 0 Å². The van der Waals surface area contributed by atoms with Crippen LogP contribution in [0.3, 0.4) is 0 Å². The smallest absolute Gasteiger partial charge is 0.225 e. The van der Waals surface area contributed by atoms with E-state index in [1.165, 1.54) is 51.7 Å². The Balaban J connectivity index is 0.00000320. The Hall–Kier alpha value is -0.570. The number of halogens is 1. The second kappa shape index (κ2) is 13.1. The highest BCUT2D eigenvalue weighted by atomic mass is 127. The van der Waals surface area contributed by atoms with Crippen LogP contribution in [-0.2, 0) is 4.79 Å². The molecule has 1 aliphatic carbocycles. The van der Waals surface area contributed by atoms with Crippen molar-refractivity contribution in [3.05, 3.63) is 0 Å². The van der Waals surface area contributed by atoms with Crippen LogP contribution in [0.15, 0.2) is 4.99 Å². The summed E-state index contributed by atoms with van der Waals surface area (Å²) in [6, 6.07) is 0.317. The number of nitrogens with zero attached hydrogens (tertiary/aromatic N) is 3. The molecule has 0 radical (unpaired) electrons. The predicted octanol–water partition coefficient (Wildman–Crippen LogP) is 3.32. The number of aliphatic imine (C=N–C) groups is 1. The zero-order valence-electron chi connectivity index (χ0n) is 19.4. The number of carbonyl (C=O) groups excluding carboxylic acids is 1. The lowest BCUT2D eigenvalue weighted by Crippen LogP contribution is -2.48. The molecule has 2 unspecified atom stereocenters. The van der Waals surface area contributed by atoms with Gasteiger partial charge in [0, 0.05) is 51.7 Å². The van der Waals surface area contributed by atoms with E-state index in [0.717, 1.165) is 50.8 Å². The van der Waals surface area contributed by atoms with E-state index in [0.29, 0.717) is 17.9 Å². The molecule has 3 fully saturated rings. The maximum Gasteiger partial charge on any atom is 0.225 e. The Morgan fingerprint density at radius 1 is 1.03 bits per heavy atom. The molecule has 2 aliphatic heterocycles. The van der Waals surface area contributed by atoms with Gasteiger partial charge in [0.25, 0.3) is 0 Å². The molecule has 2 saturated heterocycles. The minimum absolute atomic E-state index is 0. The molecule has 0 bridgehead atoms. The third-order valence-electron chi connectivity index (χ3n) is 6.80. The highest BCUT2D eigenvalue weighted by Gasteiger charge is 2.32. The first-order valence-corrected chi connectivity index (χ1v) is 12.0. The second-order valence-corrected chi connectivity index (χ2v) is 9.86. The minimum atomic E-state index is 0. The maximum absolute atomic E-state index is 12.8. The number of nitrogens with one attached hydrogen (secondary N) is 2. The molecule has 2 atom stereocenters. The summed E-state index contributed by atoms with van der Waals surface area (Å²) in [6.45, 7) is 10.9. The Morgan fingerprint density at radius 2 is 1.80 bits per heavy atom. The van der Waals surface area contributed by atoms with Crippen molar-refractivity contribution in [3.63, 3.8) is 0 Å². The van der Waals surface area contributed by atoms with Gasteiger partial charge in [-0.1, -0.05) is 33.1 Å². The van der Waals surface area contributed by atoms with Crippen LogP contribution in [0.1, 0.15) is 65.2 Å². The Bertz CT molecular complexity index is 550. The highest BCUT2D eigenvalue weighted by Crippen LogP contribution is 2.26. The van der Waals surface area contributed by atoms with Gasteiger partial charge in [-0.15, -0.1) is 24.0 Å². The molecular weight excluding hydrogens is 489 g/mol. The summed E-state index contributed by atoms with van der Waals surface area (Å²) >= 11 is 0. The van der Waals surface area contributed by atoms with Crippen LogP contribution >= 0.6 is 24.0 Å². The fourth-order valence-corrected chi connectivity index (χ4v) is 5.32. The van der Waals surface area contributed by atoms with Crippen molar-refractivity contribution in [2.75, 3.05) is 46.3 Å². The number of rotatable bonds is 6. The number of amides is 1. The van der Waals surface area contributed by atoms with E-state index >= 15 is 0 Å². The summed E-state index contributed by atoms with van der Waals surface area (Å²) in [5, 5.41) is 7.12. The van der Waals surface area contributed by atoms with Crippen LogP contribution in [0.5, 0.6) is 0 Å². The number of likely N-dealkylation sites (tertiary alicyclic amines) is 2. The first-order chi connectivity index (χ1) is 14.0. The number of hydrogen-bond donors (Lipinski definition) is 2. The van der Waals surface area contributed by atoms with Crippen molar-refractivity contribution in [2.24, 2.45) is 22.7 Å². The molecule has 3 rings (SSSR count). The average molecular weight is 534 g/mol. The van der Waals surface area contributed by atoms with Gasteiger partial charge >= 0.3 is 0 Å². The standard InChI is InChI=1S/C23H43N5O.HI/c1-18(2)15-27-12-7-8-19(16-27)14-25-23(24-3)26-21-11-13-28(17-21)22(29)20-9-5-4-6-10-20;/h18-21H,4-17H2,1-3H3,(H2,24,25,26);1H. The summed E-state index contributed by atoms with van der Waals surface area (Å²) in [4.78, 5) is 21.9. The van der Waals surface area contributed by atoms with E-state index in [9.17, 15) is 4.79 Å². The van der Waals surface area contributed by atoms with E-state index in [-0.39, 0.29) is 29.9 Å². The Labute approximate surface area is 201 Å². The quantitative estimate of drug-likeness (QED) is 0.313. The van der Waals surface area contributed by atoms with Crippen LogP contribution in [0, 0.1) is 17.8 Å². The molecule has 1 saturated carbocycles. The van der Waals surface area contributed by atoms with Gasteiger partial charge in [0.1, 0.15) is 0 Å². The van der Waals surface area contributed by atoms with Gasteiger partial charge in [0.2, 0.25) is 5.91 Å². The minimum Gasteiger partial charge on any atom is -0.356 e. The third kappa shape index (κ3) is 7.84. The molecule has 0 aromatic carbocycles. The molecule has 3 aliphatic rings. The summed E-state index contributed by atoms with van der Waals surface area (Å²) in [6.07, 6.45) is 9.53. The van der Waals surface area contributed by atoms with Crippen molar-refractivity contribution in [2.45, 2.75) is 71.3 Å². The van der Waals surface area contributed by atoms with Crippen LogP contribution in [-0.4, -0.2) is 74.0 Å². The van der Waals surface area contributed by atoms with Crippen LogP contribution in [0.25, 0.3) is 0 Å². The Morgan fingerprint density at radius 3 is 2.50 bits per heavy atom. The van der Waals surface area contributed by atoms with Gasteiger partial charge in [-0.25, -0.2) is 0 Å². The SMILES string of the molecule is CN=C(NCC1CCCN(CC(C)C)C1)NC1CCN(C(=O)C2CCCCC2)C1.I. The van der Waals surface area contributed by atoms with Crippen molar-refractivity contribution in [3.8, 4) is 0 Å². The summed E-state index contributed by atoms with van der Waals surface area (Å²) in [5.74, 6) is 2.99. The third-order valence-corrected chi connectivity index (χ3v) is 6.80. The first kappa shape index (κ1) is 25.7. The molecule has 174 valence electrons. The van der Waals surface area contributed by atoms with Crippen LogP contribution in [0.4, 0.5) is 0 Å². The number of carbonyl (C=O) groups is 1. The van der Waals surface area contributed by atoms with Gasteiger partial charge in [-0.3, -0.25) is 9.79 Å². The highest BCUT2D eigenvalue weighted by molar-refractivity contribution is 14.0. The largest absolute Gasteiger partial charge is 0.356 e. The molecule has 2 heterocycles. The van der Waals surface area contributed by atoms with Crippen LogP contribution in [0.2, 0.25) is 0 Å². The number of hydrogen-bond acceptors (Lipinski definition) is 3. The van der Waals surface area contributed by atoms with Gasteiger partial charge < -0.3 is 20.4 Å². The maximum atomic E-state index is 12.8. The molecule has 1 amide bonds. The molecule has 30 heavy (non-hydrogen) atoms. The molecule has 2 N–H and O–H groups in total. The van der Waals surface area contributed by atoms with Crippen molar-refractivity contribution < 1.29 is 4.79 Å². The number of guanidine groups is 1. The lowest BCUT2D eigenvalue weighted by Gasteiger charge is -2.34. The van der Waals surface area contributed by atoms with E-state index in [2.05, 4.69) is 39.3 Å². The van der Waals surface area contributed by atoms with E-state index in [1.54, 1.807) is 0 Å². The van der Waals surface area contributed by atoms with Crippen LogP contribution < -0.4 is 10.6 Å². The second-order valence-electron chi connectivity index (χ2n) is 9.86. The van der Waals surface area contributed by atoms with Gasteiger partial charge in [-0.2, -0.15) is 0 Å². The molecule has 0 aromatic heterocycles. The van der Waals surface area contributed by atoms with Crippen molar-refractivity contribution in [1.29, 1.82) is 0 Å². The fraction of sp³-hybridized carbons (Fsp3) is 0.913. The predicted molar refractivity (Wildman–Crippen MR) is 135 cm³/mol. The monoisotopic (exact) mass is 533 g/mol. The summed E-state index contributed by atoms with van der Waals surface area (Å²) < 4.78 is 0. The van der Waals surface area contributed by atoms with Crippen molar-refractivity contribution in [1.82, 2.24) is 20.4 Å². The molecular formula is C23H44IN5O. The van der Waals surface area contributed by atoms with Gasteiger partial charge in [-0.05, 0) is 50.5 Å². The van der Waals surface area contributed by atoms with Gasteiger partial charge in [0.05, 0.1) is 0 Å². The zero-order chi connectivity index (χ0) is 20.6. The van der Waals surface area contributed by atoms with E-state index in [1.807, 2.05) is 7.05 Å². The first-order valence-electron chi connectivity index (χ1n) is 12.0. The average Bonchev–Trinajstić information content (AvgIpc) is 3.19. The molecule has 7 heteroatoms. The zero-order valence-corrected chi connectivity index (χ0v) is 21.7. The normalized spacial score (nSPS) is 26.5. The van der Waals surface area contributed by atoms with E-state index in [4.69, 9.17) is 0 Å². The molecule has 0 spiro atoms. The molecule has 0 aromatic rings. The fourth-order valence-electron chi connectivity index (χ4n) is 5.32. The molecule has 6 nitrogen and oxygen atoms in total.